The van der Waals surface area contributed by atoms with E-state index in [2.05, 4.69) is 27.1 Å². The molecule has 3 rings (SSSR count). The first-order valence-electron chi connectivity index (χ1n) is 8.73. The highest BCUT2D eigenvalue weighted by Crippen LogP contribution is 2.29. The molecule has 2 heterocycles. The van der Waals surface area contributed by atoms with Crippen LogP contribution in [-0.2, 0) is 11.3 Å². The number of rotatable bonds is 9. The zero-order valence-corrected chi connectivity index (χ0v) is 16.8. The van der Waals surface area contributed by atoms with E-state index in [1.165, 1.54) is 37.1 Å². The van der Waals surface area contributed by atoms with Gasteiger partial charge in [-0.2, -0.15) is 0 Å². The Hall–Kier alpha value is -3.73. The maximum atomic E-state index is 12.4. The van der Waals surface area contributed by atoms with Crippen LogP contribution in [-0.4, -0.2) is 43.4 Å². The lowest BCUT2D eigenvalue weighted by atomic mass is 10.2. The lowest BCUT2D eigenvalue weighted by molar-refractivity contribution is -0.384. The number of nitrogens with zero attached hydrogens (tertiary/aromatic N) is 5. The number of aromatic nitrogens is 4. The fourth-order valence-corrected chi connectivity index (χ4v) is 3.36. The summed E-state index contributed by atoms with van der Waals surface area (Å²) in [6, 6.07) is 7.88. The quantitative estimate of drug-likeness (QED) is 0.239. The largest absolute Gasteiger partial charge is 0.496 e. The van der Waals surface area contributed by atoms with Crippen LogP contribution >= 0.6 is 11.8 Å². The minimum atomic E-state index is -0.577. The lowest BCUT2D eigenvalue weighted by Gasteiger charge is -2.09. The third kappa shape index (κ3) is 4.81. The first kappa shape index (κ1) is 21.0. The van der Waals surface area contributed by atoms with E-state index in [1.807, 2.05) is 10.6 Å². The van der Waals surface area contributed by atoms with Crippen molar-refractivity contribution >= 4 is 29.0 Å². The highest BCUT2D eigenvalue weighted by molar-refractivity contribution is 7.99. The van der Waals surface area contributed by atoms with Gasteiger partial charge in [0.2, 0.25) is 5.91 Å². The molecule has 1 amide bonds. The normalized spacial score (nSPS) is 10.4. The summed E-state index contributed by atoms with van der Waals surface area (Å²) in [6.45, 7) is 4.20. The summed E-state index contributed by atoms with van der Waals surface area (Å²) in [5.74, 6) is 0.515. The molecule has 0 atom stereocenters. The fourth-order valence-electron chi connectivity index (χ4n) is 2.61. The van der Waals surface area contributed by atoms with Gasteiger partial charge in [-0.25, -0.2) is 0 Å². The molecule has 1 aromatic carbocycles. The number of nitro groups is 1. The number of hydrogen-bond acceptors (Lipinski definition) is 8. The zero-order chi connectivity index (χ0) is 21.5. The molecule has 2 aromatic heterocycles. The van der Waals surface area contributed by atoms with Crippen LogP contribution in [0.3, 0.4) is 0 Å². The molecule has 0 unspecified atom stereocenters. The smallest absolute Gasteiger partial charge is 0.296 e. The summed E-state index contributed by atoms with van der Waals surface area (Å²) in [5.41, 5.74) is 0.633. The number of amides is 1. The summed E-state index contributed by atoms with van der Waals surface area (Å²) < 4.78 is 6.81. The van der Waals surface area contributed by atoms with Crippen molar-refractivity contribution in [1.82, 2.24) is 19.7 Å². The van der Waals surface area contributed by atoms with Crippen LogP contribution in [0.2, 0.25) is 0 Å². The standard InChI is InChI=1S/C19H18N6O4S/c1-3-9-24-18(13-5-4-8-20-11-13)22-23-19(24)30-12-17(26)21-15-7-6-14(29-2)10-16(15)25(27)28/h3-8,10-11H,1,9,12H2,2H3,(H,21,26). The van der Waals surface area contributed by atoms with Gasteiger partial charge in [-0.15, -0.1) is 16.8 Å². The van der Waals surface area contributed by atoms with E-state index < -0.39 is 10.8 Å². The van der Waals surface area contributed by atoms with E-state index in [4.69, 9.17) is 4.74 Å². The second kappa shape index (κ2) is 9.65. The van der Waals surface area contributed by atoms with Gasteiger partial charge in [-0.3, -0.25) is 24.5 Å². The third-order valence-corrected chi connectivity index (χ3v) is 4.92. The van der Waals surface area contributed by atoms with Crippen LogP contribution < -0.4 is 10.1 Å². The van der Waals surface area contributed by atoms with Gasteiger partial charge < -0.3 is 10.1 Å². The Morgan fingerprint density at radius 1 is 1.40 bits per heavy atom. The van der Waals surface area contributed by atoms with Gasteiger partial charge in [0.1, 0.15) is 11.4 Å². The van der Waals surface area contributed by atoms with Crippen molar-refractivity contribution in [3.8, 4) is 17.1 Å². The second-order valence-electron chi connectivity index (χ2n) is 5.92. The van der Waals surface area contributed by atoms with Crippen molar-refractivity contribution in [2.75, 3.05) is 18.2 Å². The van der Waals surface area contributed by atoms with E-state index in [1.54, 1.807) is 24.5 Å². The average molecular weight is 426 g/mol. The molecule has 1 N–H and O–H groups in total. The number of benzene rings is 1. The molecular weight excluding hydrogens is 408 g/mol. The predicted molar refractivity (Wildman–Crippen MR) is 112 cm³/mol. The number of ether oxygens (including phenoxy) is 1. The number of methoxy groups -OCH3 is 1. The van der Waals surface area contributed by atoms with Crippen LogP contribution in [0.5, 0.6) is 5.75 Å². The van der Waals surface area contributed by atoms with Gasteiger partial charge >= 0.3 is 0 Å². The summed E-state index contributed by atoms with van der Waals surface area (Å²) in [6.07, 6.45) is 5.04. The first-order valence-corrected chi connectivity index (χ1v) is 9.71. The maximum absolute atomic E-state index is 12.4. The molecular formula is C19H18N6O4S. The monoisotopic (exact) mass is 426 g/mol. The van der Waals surface area contributed by atoms with E-state index in [0.29, 0.717) is 23.3 Å². The number of nitro benzene ring substituents is 1. The van der Waals surface area contributed by atoms with Gasteiger partial charge in [-0.05, 0) is 24.3 Å². The Morgan fingerprint density at radius 3 is 2.90 bits per heavy atom. The SMILES string of the molecule is C=CCn1c(SCC(=O)Nc2ccc(OC)cc2[N+](=O)[O-])nnc1-c1cccnc1. The van der Waals surface area contributed by atoms with Crippen LogP contribution in [0.1, 0.15) is 0 Å². The molecule has 10 nitrogen and oxygen atoms in total. The van der Waals surface area contributed by atoms with Gasteiger partial charge in [0.15, 0.2) is 11.0 Å². The number of allylic oxidation sites excluding steroid dienone is 1. The summed E-state index contributed by atoms with van der Waals surface area (Å²) in [7, 11) is 1.41. The number of pyridine rings is 1. The van der Waals surface area contributed by atoms with Gasteiger partial charge in [0.05, 0.1) is 23.9 Å². The molecule has 0 saturated carbocycles. The zero-order valence-electron chi connectivity index (χ0n) is 16.0. The van der Waals surface area contributed by atoms with Gasteiger partial charge in [-0.1, -0.05) is 17.8 Å². The Morgan fingerprint density at radius 2 is 2.23 bits per heavy atom. The minimum Gasteiger partial charge on any atom is -0.496 e. The van der Waals surface area contributed by atoms with Crippen LogP contribution in [0.25, 0.3) is 11.4 Å². The van der Waals surface area contributed by atoms with Crippen molar-refractivity contribution < 1.29 is 14.5 Å². The molecule has 0 saturated heterocycles. The molecule has 30 heavy (non-hydrogen) atoms. The summed E-state index contributed by atoms with van der Waals surface area (Å²) in [4.78, 5) is 27.2. The number of hydrogen-bond donors (Lipinski definition) is 1. The molecule has 0 aliphatic rings. The molecule has 0 aliphatic carbocycles. The Bertz CT molecular complexity index is 1070. The number of anilines is 1. The molecule has 0 bridgehead atoms. The Labute approximate surface area is 176 Å². The predicted octanol–water partition coefficient (Wildman–Crippen LogP) is 3.17. The highest BCUT2D eigenvalue weighted by atomic mass is 32.2. The second-order valence-corrected chi connectivity index (χ2v) is 6.87. The minimum absolute atomic E-state index is 0.00843. The summed E-state index contributed by atoms with van der Waals surface area (Å²) in [5, 5.41) is 22.7. The summed E-state index contributed by atoms with van der Waals surface area (Å²) >= 11 is 1.17. The van der Waals surface area contributed by atoms with E-state index in [9.17, 15) is 14.9 Å². The van der Waals surface area contributed by atoms with E-state index in [-0.39, 0.29) is 17.1 Å². The topological polar surface area (TPSA) is 125 Å². The fraction of sp³-hybridized carbons (Fsp3) is 0.158. The molecule has 0 fully saturated rings. The van der Waals surface area contributed by atoms with Crippen molar-refractivity contribution in [2.45, 2.75) is 11.7 Å². The van der Waals surface area contributed by atoms with Crippen LogP contribution in [0.4, 0.5) is 11.4 Å². The Balaban J connectivity index is 1.73. The molecule has 11 heteroatoms. The van der Waals surface area contributed by atoms with Crippen molar-refractivity contribution in [1.29, 1.82) is 0 Å². The first-order chi connectivity index (χ1) is 14.5. The molecule has 0 aliphatic heterocycles. The molecule has 3 aromatic rings. The molecule has 0 radical (unpaired) electrons. The van der Waals surface area contributed by atoms with Crippen molar-refractivity contribution in [2.24, 2.45) is 0 Å². The van der Waals surface area contributed by atoms with Crippen molar-refractivity contribution in [3.05, 3.63) is 65.5 Å². The Kier molecular flexibility index (Phi) is 6.75. The van der Waals surface area contributed by atoms with Gasteiger partial charge in [0, 0.05) is 24.5 Å². The number of carbonyl (C=O) groups is 1. The van der Waals surface area contributed by atoms with E-state index in [0.717, 1.165) is 5.56 Å². The highest BCUT2D eigenvalue weighted by Gasteiger charge is 2.19. The lowest BCUT2D eigenvalue weighted by Crippen LogP contribution is -2.15. The van der Waals surface area contributed by atoms with Gasteiger partial charge in [0.25, 0.3) is 5.69 Å². The maximum Gasteiger partial charge on any atom is 0.296 e. The van der Waals surface area contributed by atoms with Crippen LogP contribution in [0.15, 0.2) is 60.5 Å². The number of carbonyl (C=O) groups excluding carboxylic acids is 1. The van der Waals surface area contributed by atoms with E-state index >= 15 is 0 Å². The molecule has 0 spiro atoms. The third-order valence-electron chi connectivity index (χ3n) is 3.96. The van der Waals surface area contributed by atoms with Crippen LogP contribution in [0, 0.1) is 10.1 Å². The average Bonchev–Trinajstić information content (AvgIpc) is 3.16. The number of nitrogens with one attached hydrogen (secondary N) is 1. The van der Waals surface area contributed by atoms with Crippen molar-refractivity contribution in [3.63, 3.8) is 0 Å². The number of thioether (sulfide) groups is 1. The molecule has 154 valence electrons.